The van der Waals surface area contributed by atoms with Crippen molar-refractivity contribution in [2.24, 2.45) is 0 Å². The van der Waals surface area contributed by atoms with Gasteiger partial charge >= 0.3 is 18.1 Å². The van der Waals surface area contributed by atoms with Gasteiger partial charge in [0.15, 0.2) is 0 Å². The molecule has 1 unspecified atom stereocenters. The van der Waals surface area contributed by atoms with Gasteiger partial charge in [0, 0.05) is 6.04 Å². The third-order valence-corrected chi connectivity index (χ3v) is 3.51. The molecular formula is C14H14F3NO3. The maximum atomic E-state index is 12.3. The molecule has 114 valence electrons. The number of hydrogen-bond acceptors (Lipinski definition) is 2. The van der Waals surface area contributed by atoms with Gasteiger partial charge in [-0.25, -0.2) is 4.79 Å². The second kappa shape index (κ2) is 5.75. The second-order valence-electron chi connectivity index (χ2n) is 5.05. The van der Waals surface area contributed by atoms with Crippen LogP contribution in [0.2, 0.25) is 0 Å². The number of rotatable bonds is 2. The maximum Gasteiger partial charge on any atom is 0.471 e. The lowest BCUT2D eigenvalue weighted by molar-refractivity contribution is -0.174. The highest BCUT2D eigenvalue weighted by Crippen LogP contribution is 2.23. The van der Waals surface area contributed by atoms with Crippen molar-refractivity contribution in [2.45, 2.75) is 37.9 Å². The van der Waals surface area contributed by atoms with E-state index >= 15 is 0 Å². The Morgan fingerprint density at radius 3 is 2.57 bits per heavy atom. The molecular weight excluding hydrogens is 287 g/mol. The number of halogens is 3. The van der Waals surface area contributed by atoms with Crippen LogP contribution in [0.5, 0.6) is 0 Å². The summed E-state index contributed by atoms with van der Waals surface area (Å²) in [7, 11) is 0. The summed E-state index contributed by atoms with van der Waals surface area (Å²) in [6.07, 6.45) is -2.97. The quantitative estimate of drug-likeness (QED) is 0.824. The number of fused-ring (bicyclic) bond motifs is 1. The topological polar surface area (TPSA) is 66.4 Å². The molecule has 0 heterocycles. The van der Waals surface area contributed by atoms with Gasteiger partial charge in [0.05, 0.1) is 5.56 Å². The molecule has 1 aromatic rings. The molecule has 1 amide bonds. The zero-order valence-electron chi connectivity index (χ0n) is 11.0. The van der Waals surface area contributed by atoms with Crippen molar-refractivity contribution in [3.63, 3.8) is 0 Å². The van der Waals surface area contributed by atoms with Crippen LogP contribution >= 0.6 is 0 Å². The van der Waals surface area contributed by atoms with Crippen LogP contribution in [0.15, 0.2) is 18.2 Å². The Kier molecular flexibility index (Phi) is 4.20. The van der Waals surface area contributed by atoms with Crippen molar-refractivity contribution < 1.29 is 27.9 Å². The monoisotopic (exact) mass is 301 g/mol. The summed E-state index contributed by atoms with van der Waals surface area (Å²) >= 11 is 0. The summed E-state index contributed by atoms with van der Waals surface area (Å²) in [6, 6.07) is 4.00. The number of amides is 1. The number of aryl methyl sites for hydroxylation is 1. The molecule has 1 aliphatic rings. The fraction of sp³-hybridized carbons (Fsp3) is 0.429. The van der Waals surface area contributed by atoms with Crippen molar-refractivity contribution in [2.75, 3.05) is 0 Å². The van der Waals surface area contributed by atoms with E-state index in [1.165, 1.54) is 12.1 Å². The number of aromatic carboxylic acids is 1. The standard InChI is InChI=1S/C14H14F3NO3/c15-14(16,17)13(21)18-11-3-1-2-8-4-5-9(12(19)20)6-10(8)7-11/h4-6,11H,1-3,7H2,(H,18,21)(H,19,20). The van der Waals surface area contributed by atoms with E-state index in [0.29, 0.717) is 24.8 Å². The van der Waals surface area contributed by atoms with E-state index in [4.69, 9.17) is 5.11 Å². The van der Waals surface area contributed by atoms with Gasteiger partial charge < -0.3 is 10.4 Å². The molecule has 0 spiro atoms. The molecule has 2 rings (SSSR count). The smallest absolute Gasteiger partial charge is 0.471 e. The number of carbonyl (C=O) groups is 2. The predicted molar refractivity (Wildman–Crippen MR) is 68.0 cm³/mol. The Morgan fingerprint density at radius 2 is 1.95 bits per heavy atom. The number of hydrogen-bond donors (Lipinski definition) is 2. The molecule has 0 aliphatic heterocycles. The minimum Gasteiger partial charge on any atom is -0.478 e. The summed E-state index contributed by atoms with van der Waals surface area (Å²) in [6.45, 7) is 0. The zero-order chi connectivity index (χ0) is 15.6. The molecule has 4 nitrogen and oxygen atoms in total. The highest BCUT2D eigenvalue weighted by atomic mass is 19.4. The van der Waals surface area contributed by atoms with Gasteiger partial charge in [0.25, 0.3) is 0 Å². The number of carboxylic acid groups (broad SMARTS) is 1. The number of benzene rings is 1. The Balaban J connectivity index is 2.17. The molecule has 0 radical (unpaired) electrons. The lowest BCUT2D eigenvalue weighted by Crippen LogP contribution is -2.43. The third kappa shape index (κ3) is 3.74. The molecule has 21 heavy (non-hydrogen) atoms. The fourth-order valence-corrected chi connectivity index (χ4v) is 2.49. The Labute approximate surface area is 119 Å². The van der Waals surface area contributed by atoms with E-state index in [9.17, 15) is 22.8 Å². The van der Waals surface area contributed by atoms with Gasteiger partial charge in [-0.05, 0) is 48.9 Å². The van der Waals surface area contributed by atoms with Crippen molar-refractivity contribution in [3.8, 4) is 0 Å². The predicted octanol–water partition coefficient (Wildman–Crippen LogP) is 2.31. The van der Waals surface area contributed by atoms with E-state index < -0.39 is 24.1 Å². The van der Waals surface area contributed by atoms with Gasteiger partial charge in [0.2, 0.25) is 0 Å². The van der Waals surface area contributed by atoms with Crippen molar-refractivity contribution in [1.82, 2.24) is 5.32 Å². The minimum absolute atomic E-state index is 0.0940. The number of alkyl halides is 3. The van der Waals surface area contributed by atoms with Gasteiger partial charge in [-0.2, -0.15) is 13.2 Å². The van der Waals surface area contributed by atoms with Crippen LogP contribution in [-0.2, 0) is 17.6 Å². The van der Waals surface area contributed by atoms with Gasteiger partial charge in [0.1, 0.15) is 0 Å². The number of carbonyl (C=O) groups excluding carboxylic acids is 1. The van der Waals surface area contributed by atoms with E-state index in [2.05, 4.69) is 0 Å². The number of carboxylic acids is 1. The first-order valence-electron chi connectivity index (χ1n) is 6.50. The average molecular weight is 301 g/mol. The van der Waals surface area contributed by atoms with E-state index in [1.807, 2.05) is 5.32 Å². The first kappa shape index (κ1) is 15.3. The van der Waals surface area contributed by atoms with E-state index in [-0.39, 0.29) is 12.0 Å². The SMILES string of the molecule is O=C(O)c1ccc2c(c1)CC(NC(=O)C(F)(F)F)CCC2. The first-order valence-corrected chi connectivity index (χ1v) is 6.50. The first-order chi connectivity index (χ1) is 9.77. The summed E-state index contributed by atoms with van der Waals surface area (Å²) in [4.78, 5) is 21.9. The van der Waals surface area contributed by atoms with E-state index in [1.54, 1.807) is 6.07 Å². The molecule has 0 saturated carbocycles. The summed E-state index contributed by atoms with van der Waals surface area (Å²) in [5.41, 5.74) is 1.69. The Morgan fingerprint density at radius 1 is 1.24 bits per heavy atom. The molecule has 1 aliphatic carbocycles. The highest BCUT2D eigenvalue weighted by molar-refractivity contribution is 5.88. The average Bonchev–Trinajstić information content (AvgIpc) is 2.58. The van der Waals surface area contributed by atoms with Gasteiger partial charge in [-0.1, -0.05) is 6.07 Å². The van der Waals surface area contributed by atoms with Crippen LogP contribution in [0.1, 0.15) is 34.3 Å². The molecule has 0 fully saturated rings. The van der Waals surface area contributed by atoms with Crippen LogP contribution in [0, 0.1) is 0 Å². The number of nitrogens with one attached hydrogen (secondary N) is 1. The van der Waals surface area contributed by atoms with Gasteiger partial charge in [-0.3, -0.25) is 4.79 Å². The van der Waals surface area contributed by atoms with Crippen molar-refractivity contribution >= 4 is 11.9 Å². The fourth-order valence-electron chi connectivity index (χ4n) is 2.49. The lowest BCUT2D eigenvalue weighted by atomic mass is 9.99. The molecule has 0 aromatic heterocycles. The van der Waals surface area contributed by atoms with Gasteiger partial charge in [-0.15, -0.1) is 0 Å². The summed E-state index contributed by atoms with van der Waals surface area (Å²) in [5.74, 6) is -3.04. The van der Waals surface area contributed by atoms with E-state index in [0.717, 1.165) is 5.56 Å². The normalized spacial score (nSPS) is 18.5. The zero-order valence-corrected chi connectivity index (χ0v) is 11.0. The molecule has 7 heteroatoms. The molecule has 1 aromatic carbocycles. The van der Waals surface area contributed by atoms with Crippen molar-refractivity contribution in [3.05, 3.63) is 34.9 Å². The minimum atomic E-state index is -4.90. The lowest BCUT2D eigenvalue weighted by Gasteiger charge is -2.18. The molecule has 2 N–H and O–H groups in total. The molecule has 0 saturated heterocycles. The van der Waals surface area contributed by atoms with Crippen LogP contribution in [-0.4, -0.2) is 29.2 Å². The Hall–Kier alpha value is -2.05. The highest BCUT2D eigenvalue weighted by Gasteiger charge is 2.39. The maximum absolute atomic E-state index is 12.3. The molecule has 1 atom stereocenters. The van der Waals surface area contributed by atoms with Crippen LogP contribution < -0.4 is 5.32 Å². The second-order valence-corrected chi connectivity index (χ2v) is 5.05. The Bertz CT molecular complexity index is 569. The van der Waals surface area contributed by atoms with Crippen molar-refractivity contribution in [1.29, 1.82) is 0 Å². The molecule has 0 bridgehead atoms. The largest absolute Gasteiger partial charge is 0.478 e. The van der Waals surface area contributed by atoms with Crippen LogP contribution in [0.25, 0.3) is 0 Å². The summed E-state index contributed by atoms with van der Waals surface area (Å²) in [5, 5.41) is 10.9. The van der Waals surface area contributed by atoms with Crippen LogP contribution in [0.3, 0.4) is 0 Å². The third-order valence-electron chi connectivity index (χ3n) is 3.51. The summed E-state index contributed by atoms with van der Waals surface area (Å²) < 4.78 is 36.8. The van der Waals surface area contributed by atoms with Crippen LogP contribution in [0.4, 0.5) is 13.2 Å².